The average Bonchev–Trinajstić information content (AvgIpc) is 3.30. The number of rotatable bonds is 9. The third kappa shape index (κ3) is 5.51. The van der Waals surface area contributed by atoms with Gasteiger partial charge in [0, 0.05) is 37.3 Å². The highest BCUT2D eigenvalue weighted by molar-refractivity contribution is 7.89. The number of hydrogen-bond donors (Lipinski definition) is 3. The highest BCUT2D eigenvalue weighted by atomic mass is 32.2. The number of amides is 1. The minimum absolute atomic E-state index is 0.126. The van der Waals surface area contributed by atoms with Crippen LogP contribution in [0.15, 0.2) is 42.6 Å². The second-order valence-corrected chi connectivity index (χ2v) is 12.5. The number of H-pyrrole nitrogens is 1. The smallest absolute Gasteiger partial charge is 0.250 e. The molecule has 1 aromatic heterocycles. The summed E-state index contributed by atoms with van der Waals surface area (Å²) in [6.07, 6.45) is 3.46. The number of aromatic amines is 1. The van der Waals surface area contributed by atoms with Gasteiger partial charge in [-0.1, -0.05) is 32.0 Å². The molecule has 1 aliphatic rings. The van der Waals surface area contributed by atoms with Gasteiger partial charge < -0.3 is 16.0 Å². The molecule has 0 aliphatic carbocycles. The lowest BCUT2D eigenvalue weighted by atomic mass is 9.88. The van der Waals surface area contributed by atoms with E-state index in [4.69, 9.17) is 5.73 Å². The lowest BCUT2D eigenvalue weighted by Gasteiger charge is -2.31. The number of nitrogens with one attached hydrogen (secondary N) is 2. The van der Waals surface area contributed by atoms with Gasteiger partial charge in [0.05, 0.1) is 16.8 Å². The molecule has 194 valence electrons. The number of sulfonamides is 1. The van der Waals surface area contributed by atoms with Crippen molar-refractivity contribution < 1.29 is 13.2 Å². The number of hydrogen-bond acceptors (Lipinski definition) is 4. The summed E-state index contributed by atoms with van der Waals surface area (Å²) < 4.78 is 26.2. The standard InChI is InChI=1S/C28H38N4O3S/c1-5-36(34,35)32-11-9-21(10-12-32)26-17-31-27-24(26)14-23(15-25(27)28(29)33)22-8-6-7-20(13-22)16-30-19(4)18(2)3/h6-8,13-15,17-19,21,30-31H,5,9-12,16H2,1-4H3,(H2,29,33)/t19-/m1/s1. The van der Waals surface area contributed by atoms with Crippen LogP contribution in [-0.2, 0) is 16.6 Å². The largest absolute Gasteiger partial charge is 0.366 e. The van der Waals surface area contributed by atoms with Crippen molar-refractivity contribution in [3.63, 3.8) is 0 Å². The van der Waals surface area contributed by atoms with Gasteiger partial charge in [-0.2, -0.15) is 0 Å². The molecule has 4 rings (SSSR count). The molecule has 4 N–H and O–H groups in total. The number of carbonyl (C=O) groups excluding carboxylic acids is 1. The molecule has 2 aromatic carbocycles. The van der Waals surface area contributed by atoms with E-state index < -0.39 is 15.9 Å². The summed E-state index contributed by atoms with van der Waals surface area (Å²) in [6.45, 7) is 10.1. The van der Waals surface area contributed by atoms with Crippen LogP contribution in [0.1, 0.15) is 67.9 Å². The molecule has 1 aliphatic heterocycles. The molecule has 0 saturated carbocycles. The number of nitrogens with two attached hydrogens (primary N) is 1. The van der Waals surface area contributed by atoms with Gasteiger partial charge in [0.1, 0.15) is 0 Å². The summed E-state index contributed by atoms with van der Waals surface area (Å²) in [4.78, 5) is 15.7. The fourth-order valence-corrected chi connectivity index (χ4v) is 6.09. The maximum Gasteiger partial charge on any atom is 0.250 e. The van der Waals surface area contributed by atoms with Crippen LogP contribution in [0.5, 0.6) is 0 Å². The molecule has 2 heterocycles. The molecule has 7 nitrogen and oxygen atoms in total. The van der Waals surface area contributed by atoms with Crippen molar-refractivity contribution in [2.24, 2.45) is 11.7 Å². The van der Waals surface area contributed by atoms with Crippen LogP contribution in [0.2, 0.25) is 0 Å². The summed E-state index contributed by atoms with van der Waals surface area (Å²) in [5.41, 5.74) is 11.3. The van der Waals surface area contributed by atoms with E-state index in [-0.39, 0.29) is 11.7 Å². The van der Waals surface area contributed by atoms with E-state index in [2.05, 4.69) is 55.3 Å². The Balaban J connectivity index is 1.66. The molecule has 0 bridgehead atoms. The third-order valence-corrected chi connectivity index (χ3v) is 9.51. The number of fused-ring (bicyclic) bond motifs is 1. The van der Waals surface area contributed by atoms with Crippen LogP contribution in [0.4, 0.5) is 0 Å². The van der Waals surface area contributed by atoms with Crippen LogP contribution in [-0.4, -0.2) is 48.5 Å². The lowest BCUT2D eigenvalue weighted by molar-refractivity contribution is 0.100. The molecule has 0 unspecified atom stereocenters. The van der Waals surface area contributed by atoms with Crippen LogP contribution >= 0.6 is 0 Å². The molecule has 8 heteroatoms. The molecule has 1 amide bonds. The van der Waals surface area contributed by atoms with Crippen LogP contribution in [0.3, 0.4) is 0 Å². The first-order chi connectivity index (χ1) is 17.1. The van der Waals surface area contributed by atoms with Crippen LogP contribution in [0, 0.1) is 5.92 Å². The van der Waals surface area contributed by atoms with Crippen molar-refractivity contribution in [2.45, 2.75) is 59.0 Å². The first-order valence-corrected chi connectivity index (χ1v) is 14.5. The monoisotopic (exact) mass is 510 g/mol. The maximum absolute atomic E-state index is 12.4. The normalized spacial score (nSPS) is 16.6. The minimum atomic E-state index is -3.18. The molecule has 36 heavy (non-hydrogen) atoms. The second kappa shape index (κ2) is 10.7. The Morgan fingerprint density at radius 2 is 1.86 bits per heavy atom. The predicted molar refractivity (Wildman–Crippen MR) is 146 cm³/mol. The highest BCUT2D eigenvalue weighted by Gasteiger charge is 2.29. The van der Waals surface area contributed by atoms with E-state index in [1.165, 1.54) is 5.56 Å². The molecule has 3 aromatic rings. The Labute approximate surface area is 214 Å². The minimum Gasteiger partial charge on any atom is -0.366 e. The van der Waals surface area contributed by atoms with E-state index in [1.54, 1.807) is 11.2 Å². The number of benzene rings is 2. The fourth-order valence-electron chi connectivity index (χ4n) is 4.95. The quantitative estimate of drug-likeness (QED) is 0.391. The van der Waals surface area contributed by atoms with Gasteiger partial charge >= 0.3 is 0 Å². The van der Waals surface area contributed by atoms with Gasteiger partial charge in [-0.05, 0) is 79.0 Å². The van der Waals surface area contributed by atoms with Gasteiger partial charge in [0.15, 0.2) is 0 Å². The maximum atomic E-state index is 12.4. The number of carbonyl (C=O) groups is 1. The fraction of sp³-hybridized carbons (Fsp3) is 0.464. The van der Waals surface area contributed by atoms with Crippen molar-refractivity contribution in [1.82, 2.24) is 14.6 Å². The summed E-state index contributed by atoms with van der Waals surface area (Å²) in [5.74, 6) is 0.421. The Morgan fingerprint density at radius 3 is 2.50 bits per heavy atom. The molecular formula is C28H38N4O3S. The summed E-state index contributed by atoms with van der Waals surface area (Å²) >= 11 is 0. The van der Waals surface area contributed by atoms with Gasteiger partial charge in [0.25, 0.3) is 5.91 Å². The molecule has 1 atom stereocenters. The zero-order valence-corrected chi connectivity index (χ0v) is 22.5. The zero-order valence-electron chi connectivity index (χ0n) is 21.7. The number of aromatic nitrogens is 1. The van der Waals surface area contributed by atoms with E-state index in [1.807, 2.05) is 18.3 Å². The van der Waals surface area contributed by atoms with Gasteiger partial charge in [0.2, 0.25) is 10.0 Å². The van der Waals surface area contributed by atoms with Crippen molar-refractivity contribution >= 4 is 26.8 Å². The van der Waals surface area contributed by atoms with Crippen LogP contribution < -0.4 is 11.1 Å². The Kier molecular flexibility index (Phi) is 7.87. The number of piperidine rings is 1. The predicted octanol–water partition coefficient (Wildman–Crippen LogP) is 4.60. The van der Waals surface area contributed by atoms with E-state index >= 15 is 0 Å². The first kappa shape index (κ1) is 26.4. The molecule has 0 spiro atoms. The number of primary amides is 1. The van der Waals surface area contributed by atoms with Gasteiger partial charge in [-0.3, -0.25) is 4.79 Å². The molecule has 1 fully saturated rings. The number of nitrogens with zero attached hydrogens (tertiary/aromatic N) is 1. The Hall–Kier alpha value is -2.68. The van der Waals surface area contributed by atoms with E-state index in [0.717, 1.165) is 47.0 Å². The molecule has 0 radical (unpaired) electrons. The summed E-state index contributed by atoms with van der Waals surface area (Å²) in [6, 6.07) is 12.8. The Morgan fingerprint density at radius 1 is 1.14 bits per heavy atom. The van der Waals surface area contributed by atoms with Crippen molar-refractivity contribution in [2.75, 3.05) is 18.8 Å². The van der Waals surface area contributed by atoms with Gasteiger partial charge in [-0.15, -0.1) is 0 Å². The highest BCUT2D eigenvalue weighted by Crippen LogP contribution is 2.37. The third-order valence-electron chi connectivity index (χ3n) is 7.63. The summed E-state index contributed by atoms with van der Waals surface area (Å²) in [7, 11) is -3.18. The second-order valence-electron chi connectivity index (χ2n) is 10.2. The molecular weight excluding hydrogens is 472 g/mol. The van der Waals surface area contributed by atoms with Crippen molar-refractivity contribution in [3.8, 4) is 11.1 Å². The van der Waals surface area contributed by atoms with Crippen molar-refractivity contribution in [3.05, 3.63) is 59.3 Å². The molecule has 1 saturated heterocycles. The van der Waals surface area contributed by atoms with Crippen LogP contribution in [0.25, 0.3) is 22.0 Å². The lowest BCUT2D eigenvalue weighted by Crippen LogP contribution is -2.38. The first-order valence-electron chi connectivity index (χ1n) is 12.9. The summed E-state index contributed by atoms with van der Waals surface area (Å²) in [5, 5.41) is 4.56. The average molecular weight is 511 g/mol. The SMILES string of the molecule is CCS(=O)(=O)N1CCC(c2c[nH]c3c(C(N)=O)cc(-c4cccc(CN[C@H](C)C(C)C)c4)cc23)CC1. The van der Waals surface area contributed by atoms with Gasteiger partial charge in [-0.25, -0.2) is 12.7 Å². The topological polar surface area (TPSA) is 108 Å². The van der Waals surface area contributed by atoms with E-state index in [9.17, 15) is 13.2 Å². The van der Waals surface area contributed by atoms with Crippen molar-refractivity contribution in [1.29, 1.82) is 0 Å². The Bertz CT molecular complexity index is 1340. The zero-order chi connectivity index (χ0) is 26.0. The van der Waals surface area contributed by atoms with E-state index in [0.29, 0.717) is 30.6 Å².